The van der Waals surface area contributed by atoms with Gasteiger partial charge in [0.05, 0.1) is 6.10 Å². The molecule has 2 aromatic carbocycles. The van der Waals surface area contributed by atoms with Crippen LogP contribution in [0.2, 0.25) is 5.02 Å². The van der Waals surface area contributed by atoms with E-state index >= 15 is 0 Å². The van der Waals surface area contributed by atoms with Crippen LogP contribution in [0.15, 0.2) is 47.4 Å². The summed E-state index contributed by atoms with van der Waals surface area (Å²) in [5, 5.41) is 10.6. The molecule has 2 aromatic rings. The molecule has 0 aliphatic rings. The van der Waals surface area contributed by atoms with E-state index in [1.165, 1.54) is 12.1 Å². The third kappa shape index (κ3) is 3.72. The van der Waals surface area contributed by atoms with Crippen LogP contribution in [0.3, 0.4) is 0 Å². The average Bonchev–Trinajstić information content (AvgIpc) is 2.43. The maximum Gasteiger partial charge on any atom is 0.126 e. The Morgan fingerprint density at radius 3 is 2.53 bits per heavy atom. The third-order valence-corrected chi connectivity index (χ3v) is 3.90. The van der Waals surface area contributed by atoms with Crippen LogP contribution in [0, 0.1) is 5.82 Å². The lowest BCUT2D eigenvalue weighted by Crippen LogP contribution is -2.03. The lowest BCUT2D eigenvalue weighted by Gasteiger charge is -2.12. The minimum atomic E-state index is -0.733. The minimum Gasteiger partial charge on any atom is -0.388 e. The molecule has 2 rings (SSSR count). The van der Waals surface area contributed by atoms with Gasteiger partial charge in [0.2, 0.25) is 0 Å². The topological polar surface area (TPSA) is 20.2 Å². The molecule has 0 amide bonds. The Morgan fingerprint density at radius 1 is 1.21 bits per heavy atom. The molecule has 0 saturated carbocycles. The van der Waals surface area contributed by atoms with Crippen molar-refractivity contribution in [3.63, 3.8) is 0 Å². The van der Waals surface area contributed by atoms with Gasteiger partial charge in [0.15, 0.2) is 0 Å². The molecule has 1 unspecified atom stereocenters. The van der Waals surface area contributed by atoms with Crippen LogP contribution in [0.5, 0.6) is 0 Å². The summed E-state index contributed by atoms with van der Waals surface area (Å²) in [7, 11) is 0. The van der Waals surface area contributed by atoms with Crippen molar-refractivity contribution in [3.05, 3.63) is 64.4 Å². The Labute approximate surface area is 121 Å². The van der Waals surface area contributed by atoms with E-state index in [0.29, 0.717) is 10.6 Å². The predicted molar refractivity (Wildman–Crippen MR) is 78.3 cm³/mol. The predicted octanol–water partition coefficient (Wildman–Crippen LogP) is 4.48. The first-order chi connectivity index (χ1) is 9.10. The van der Waals surface area contributed by atoms with E-state index in [1.807, 2.05) is 30.5 Å². The van der Waals surface area contributed by atoms with Gasteiger partial charge in [-0.1, -0.05) is 23.7 Å². The van der Waals surface area contributed by atoms with E-state index in [4.69, 9.17) is 11.6 Å². The molecule has 1 nitrogen and oxygen atoms in total. The van der Waals surface area contributed by atoms with Gasteiger partial charge in [0.25, 0.3) is 0 Å². The summed E-state index contributed by atoms with van der Waals surface area (Å²) in [6.07, 6.45) is 1.47. The summed E-state index contributed by atoms with van der Waals surface area (Å²) in [6.45, 7) is 0. The van der Waals surface area contributed by atoms with Crippen LogP contribution < -0.4 is 0 Å². The fourth-order valence-electron chi connectivity index (χ4n) is 1.85. The summed E-state index contributed by atoms with van der Waals surface area (Å²) in [4.78, 5) is 1.13. The highest BCUT2D eigenvalue weighted by Crippen LogP contribution is 2.24. The second-order valence-corrected chi connectivity index (χ2v) is 5.54. The molecule has 0 fully saturated rings. The molecule has 0 spiro atoms. The van der Waals surface area contributed by atoms with Gasteiger partial charge < -0.3 is 5.11 Å². The van der Waals surface area contributed by atoms with Gasteiger partial charge in [-0.3, -0.25) is 0 Å². The van der Waals surface area contributed by atoms with Crippen LogP contribution in [-0.4, -0.2) is 11.4 Å². The second kappa shape index (κ2) is 6.42. The fourth-order valence-corrected chi connectivity index (χ4v) is 2.45. The van der Waals surface area contributed by atoms with Crippen LogP contribution in [0.25, 0.3) is 0 Å². The molecule has 0 radical (unpaired) electrons. The molecular weight excluding hydrogens is 283 g/mol. The van der Waals surface area contributed by atoms with Crippen molar-refractivity contribution in [1.29, 1.82) is 0 Å². The van der Waals surface area contributed by atoms with Gasteiger partial charge in [0.1, 0.15) is 5.82 Å². The third-order valence-electron chi connectivity index (χ3n) is 2.92. The minimum absolute atomic E-state index is 0.213. The smallest absolute Gasteiger partial charge is 0.126 e. The van der Waals surface area contributed by atoms with Gasteiger partial charge in [-0.25, -0.2) is 4.39 Å². The first kappa shape index (κ1) is 14.4. The Morgan fingerprint density at radius 2 is 1.89 bits per heavy atom. The maximum atomic E-state index is 13.6. The summed E-state index contributed by atoms with van der Waals surface area (Å²) in [5.74, 6) is -0.343. The second-order valence-electron chi connectivity index (χ2n) is 4.23. The monoisotopic (exact) mass is 296 g/mol. The highest BCUT2D eigenvalue weighted by Gasteiger charge is 2.12. The Balaban J connectivity index is 2.15. The molecule has 0 heterocycles. The number of halogens is 2. The number of aliphatic hydroxyl groups excluding tert-OH is 1. The van der Waals surface area contributed by atoms with Gasteiger partial charge >= 0.3 is 0 Å². The van der Waals surface area contributed by atoms with Crippen LogP contribution in [-0.2, 0) is 6.42 Å². The SMILES string of the molecule is CSc1ccc(C(O)Cc2cc(Cl)ccc2F)cc1. The van der Waals surface area contributed by atoms with E-state index in [0.717, 1.165) is 10.5 Å². The molecule has 0 aliphatic heterocycles. The van der Waals surface area contributed by atoms with Crippen molar-refractivity contribution in [2.24, 2.45) is 0 Å². The van der Waals surface area contributed by atoms with E-state index in [9.17, 15) is 9.50 Å². The van der Waals surface area contributed by atoms with Gasteiger partial charge in [0, 0.05) is 16.3 Å². The summed E-state index contributed by atoms with van der Waals surface area (Å²) < 4.78 is 13.6. The zero-order chi connectivity index (χ0) is 13.8. The molecule has 1 atom stereocenters. The van der Waals surface area contributed by atoms with E-state index in [2.05, 4.69) is 0 Å². The quantitative estimate of drug-likeness (QED) is 0.840. The molecule has 1 N–H and O–H groups in total. The van der Waals surface area contributed by atoms with Crippen molar-refractivity contribution >= 4 is 23.4 Å². The van der Waals surface area contributed by atoms with Gasteiger partial charge in [-0.05, 0) is 47.7 Å². The molecule has 0 aliphatic carbocycles. The average molecular weight is 297 g/mol. The van der Waals surface area contributed by atoms with Crippen molar-refractivity contribution in [1.82, 2.24) is 0 Å². The lowest BCUT2D eigenvalue weighted by atomic mass is 10.0. The zero-order valence-corrected chi connectivity index (χ0v) is 12.0. The highest BCUT2D eigenvalue weighted by atomic mass is 35.5. The van der Waals surface area contributed by atoms with Crippen LogP contribution in [0.4, 0.5) is 4.39 Å². The number of benzene rings is 2. The van der Waals surface area contributed by atoms with Crippen LogP contribution in [0.1, 0.15) is 17.2 Å². The van der Waals surface area contributed by atoms with E-state index in [-0.39, 0.29) is 12.2 Å². The van der Waals surface area contributed by atoms with Crippen molar-refractivity contribution in [2.45, 2.75) is 17.4 Å². The largest absolute Gasteiger partial charge is 0.388 e. The lowest BCUT2D eigenvalue weighted by molar-refractivity contribution is 0.177. The summed E-state index contributed by atoms with van der Waals surface area (Å²) >= 11 is 7.47. The Hall–Kier alpha value is -1.03. The number of hydrogen-bond acceptors (Lipinski definition) is 2. The molecule has 0 saturated heterocycles. The fraction of sp³-hybridized carbons (Fsp3) is 0.200. The molecule has 100 valence electrons. The van der Waals surface area contributed by atoms with Crippen molar-refractivity contribution < 1.29 is 9.50 Å². The normalized spacial score (nSPS) is 12.4. The Kier molecular flexibility index (Phi) is 4.86. The first-order valence-corrected chi connectivity index (χ1v) is 7.46. The molecule has 4 heteroatoms. The van der Waals surface area contributed by atoms with Gasteiger partial charge in [-0.15, -0.1) is 11.8 Å². The standard InChI is InChI=1S/C15H14ClFOS/c1-19-13-5-2-10(3-6-13)15(18)9-11-8-12(16)4-7-14(11)17/h2-8,15,18H,9H2,1H3. The van der Waals surface area contributed by atoms with Crippen molar-refractivity contribution in [3.8, 4) is 0 Å². The molecular formula is C15H14ClFOS. The van der Waals surface area contributed by atoms with Crippen LogP contribution >= 0.6 is 23.4 Å². The van der Waals surface area contributed by atoms with E-state index < -0.39 is 6.10 Å². The van der Waals surface area contributed by atoms with Crippen molar-refractivity contribution in [2.75, 3.05) is 6.26 Å². The highest BCUT2D eigenvalue weighted by molar-refractivity contribution is 7.98. The summed E-state index contributed by atoms with van der Waals surface area (Å²) in [6, 6.07) is 12.0. The zero-order valence-electron chi connectivity index (χ0n) is 10.4. The number of rotatable bonds is 4. The Bertz CT molecular complexity index is 557. The number of aliphatic hydroxyl groups is 1. The number of thioether (sulfide) groups is 1. The summed E-state index contributed by atoms with van der Waals surface area (Å²) in [5.41, 5.74) is 1.20. The maximum absolute atomic E-state index is 13.6. The molecule has 19 heavy (non-hydrogen) atoms. The molecule has 0 aromatic heterocycles. The molecule has 0 bridgehead atoms. The van der Waals surface area contributed by atoms with Gasteiger partial charge in [-0.2, -0.15) is 0 Å². The number of hydrogen-bond donors (Lipinski definition) is 1. The van der Waals surface area contributed by atoms with E-state index in [1.54, 1.807) is 17.8 Å². The first-order valence-electron chi connectivity index (χ1n) is 5.86.